The summed E-state index contributed by atoms with van der Waals surface area (Å²) >= 11 is 6.14. The number of aliphatic carboxylic acids is 1. The summed E-state index contributed by atoms with van der Waals surface area (Å²) in [4.78, 5) is 24.1. The van der Waals surface area contributed by atoms with Crippen LogP contribution in [-0.2, 0) is 11.3 Å². The molecule has 0 unspecified atom stereocenters. The number of ether oxygens (including phenoxy) is 2. The van der Waals surface area contributed by atoms with E-state index in [0.717, 1.165) is 0 Å². The SMILES string of the molecule is COc1cc(C#N)cc(CNc2ccc(Cl)cc2C(=O)Nc2ccc(C(=N)N)cc2)c1OCC(=O)O. The molecule has 0 aromatic heterocycles. The molecule has 3 aromatic carbocycles. The van der Waals surface area contributed by atoms with E-state index in [4.69, 9.17) is 37.3 Å². The number of benzene rings is 3. The molecular weight excluding hydrogens is 486 g/mol. The van der Waals surface area contributed by atoms with Gasteiger partial charge in [-0.2, -0.15) is 5.26 Å². The summed E-state index contributed by atoms with van der Waals surface area (Å²) < 4.78 is 10.7. The maximum atomic E-state index is 13.0. The third-order valence-corrected chi connectivity index (χ3v) is 5.21. The van der Waals surface area contributed by atoms with E-state index in [1.807, 2.05) is 6.07 Å². The lowest BCUT2D eigenvalue weighted by atomic mass is 10.1. The van der Waals surface area contributed by atoms with Crippen molar-refractivity contribution in [2.45, 2.75) is 6.54 Å². The van der Waals surface area contributed by atoms with Crippen LogP contribution in [0.4, 0.5) is 11.4 Å². The number of nitrogens with zero attached hydrogens (tertiary/aromatic N) is 1. The van der Waals surface area contributed by atoms with Crippen LogP contribution in [-0.4, -0.2) is 36.5 Å². The van der Waals surface area contributed by atoms with Gasteiger partial charge in [0.25, 0.3) is 5.91 Å². The van der Waals surface area contributed by atoms with E-state index in [-0.39, 0.29) is 35.0 Å². The number of amides is 1. The number of carboxylic acid groups (broad SMARTS) is 1. The Kier molecular flexibility index (Phi) is 8.33. The van der Waals surface area contributed by atoms with Crippen molar-refractivity contribution in [1.82, 2.24) is 0 Å². The smallest absolute Gasteiger partial charge is 0.341 e. The van der Waals surface area contributed by atoms with Crippen molar-refractivity contribution < 1.29 is 24.2 Å². The molecule has 11 heteroatoms. The number of carbonyl (C=O) groups excluding carboxylic acids is 1. The molecule has 3 rings (SSSR count). The first kappa shape index (κ1) is 25.9. The van der Waals surface area contributed by atoms with Gasteiger partial charge in [0, 0.05) is 40.1 Å². The average Bonchev–Trinajstić information content (AvgIpc) is 2.86. The second kappa shape index (κ2) is 11.6. The summed E-state index contributed by atoms with van der Waals surface area (Å²) in [5.74, 6) is -1.33. The highest BCUT2D eigenvalue weighted by molar-refractivity contribution is 6.31. The largest absolute Gasteiger partial charge is 0.493 e. The Morgan fingerprint density at radius 3 is 2.50 bits per heavy atom. The Labute approximate surface area is 211 Å². The summed E-state index contributed by atoms with van der Waals surface area (Å²) in [6.07, 6.45) is 0. The van der Waals surface area contributed by atoms with Gasteiger partial charge < -0.3 is 30.9 Å². The van der Waals surface area contributed by atoms with Crippen molar-refractivity contribution >= 4 is 40.7 Å². The molecule has 10 nitrogen and oxygen atoms in total. The summed E-state index contributed by atoms with van der Waals surface area (Å²) in [5.41, 5.74) is 7.90. The maximum Gasteiger partial charge on any atom is 0.341 e. The van der Waals surface area contributed by atoms with Crippen LogP contribution in [0.5, 0.6) is 11.5 Å². The summed E-state index contributed by atoms with van der Waals surface area (Å²) in [5, 5.41) is 32.1. The van der Waals surface area contributed by atoms with Crippen LogP contribution in [0.3, 0.4) is 0 Å². The third kappa shape index (κ3) is 6.43. The molecule has 0 aliphatic carbocycles. The van der Waals surface area contributed by atoms with Gasteiger partial charge in [-0.3, -0.25) is 10.2 Å². The van der Waals surface area contributed by atoms with Gasteiger partial charge in [-0.15, -0.1) is 0 Å². The first-order valence-electron chi connectivity index (χ1n) is 10.5. The topological polar surface area (TPSA) is 171 Å². The molecule has 0 atom stereocenters. The number of rotatable bonds is 10. The van der Waals surface area contributed by atoms with E-state index >= 15 is 0 Å². The number of nitrogens with two attached hydrogens (primary N) is 1. The molecule has 0 spiro atoms. The predicted molar refractivity (Wildman–Crippen MR) is 135 cm³/mol. The van der Waals surface area contributed by atoms with E-state index in [1.165, 1.54) is 19.2 Å². The van der Waals surface area contributed by atoms with Gasteiger partial charge in [0.15, 0.2) is 18.1 Å². The highest BCUT2D eigenvalue weighted by atomic mass is 35.5. The zero-order valence-electron chi connectivity index (χ0n) is 19.1. The van der Waals surface area contributed by atoms with Gasteiger partial charge in [-0.25, -0.2) is 4.79 Å². The van der Waals surface area contributed by atoms with Crippen molar-refractivity contribution in [3.63, 3.8) is 0 Å². The van der Waals surface area contributed by atoms with Crippen molar-refractivity contribution in [3.05, 3.63) is 81.9 Å². The second-order valence-corrected chi connectivity index (χ2v) is 7.89. The zero-order valence-corrected chi connectivity index (χ0v) is 19.8. The summed E-state index contributed by atoms with van der Waals surface area (Å²) in [6, 6.07) is 16.2. The van der Waals surface area contributed by atoms with Crippen LogP contribution in [0.25, 0.3) is 0 Å². The quantitative estimate of drug-likeness (QED) is 0.203. The van der Waals surface area contributed by atoms with Crippen molar-refractivity contribution in [3.8, 4) is 17.6 Å². The third-order valence-electron chi connectivity index (χ3n) is 4.97. The second-order valence-electron chi connectivity index (χ2n) is 7.45. The van der Waals surface area contributed by atoms with E-state index < -0.39 is 18.5 Å². The lowest BCUT2D eigenvalue weighted by Gasteiger charge is -2.17. The van der Waals surface area contributed by atoms with Crippen LogP contribution in [0.15, 0.2) is 54.6 Å². The Morgan fingerprint density at radius 1 is 1.17 bits per heavy atom. The number of hydrogen-bond acceptors (Lipinski definition) is 7. The van der Waals surface area contributed by atoms with Gasteiger partial charge >= 0.3 is 5.97 Å². The fourth-order valence-electron chi connectivity index (χ4n) is 3.29. The van der Waals surface area contributed by atoms with Gasteiger partial charge in [0.2, 0.25) is 0 Å². The minimum atomic E-state index is -1.17. The standard InChI is InChI=1S/C25H22ClN5O5/c1-35-21-9-14(11-27)8-16(23(21)36-13-22(32)33)12-30-20-7-4-17(26)10-19(20)25(34)31-18-5-2-15(3-6-18)24(28)29/h2-10,30H,12-13H2,1H3,(H3,28,29)(H,31,34)(H,32,33). The number of carboxylic acids is 1. The Balaban J connectivity index is 1.87. The lowest BCUT2D eigenvalue weighted by Crippen LogP contribution is -2.16. The molecule has 0 aliphatic rings. The maximum absolute atomic E-state index is 13.0. The number of nitriles is 1. The Hall–Kier alpha value is -4.75. The minimum absolute atomic E-state index is 0.0794. The highest BCUT2D eigenvalue weighted by Crippen LogP contribution is 2.34. The van der Waals surface area contributed by atoms with Gasteiger partial charge in [0.05, 0.1) is 24.3 Å². The number of halogens is 1. The molecule has 0 radical (unpaired) electrons. The fraction of sp³-hybridized carbons (Fsp3) is 0.120. The lowest BCUT2D eigenvalue weighted by molar-refractivity contribution is -0.139. The molecular formula is C25H22ClN5O5. The van der Waals surface area contributed by atoms with E-state index in [2.05, 4.69) is 10.6 Å². The van der Waals surface area contributed by atoms with Crippen LogP contribution in [0, 0.1) is 16.7 Å². The molecule has 36 heavy (non-hydrogen) atoms. The van der Waals surface area contributed by atoms with Crippen molar-refractivity contribution in [1.29, 1.82) is 10.7 Å². The molecule has 0 bridgehead atoms. The molecule has 0 saturated carbocycles. The predicted octanol–water partition coefficient (Wildman–Crippen LogP) is 3.83. The summed E-state index contributed by atoms with van der Waals surface area (Å²) in [7, 11) is 1.38. The first-order valence-corrected chi connectivity index (χ1v) is 10.8. The molecule has 0 heterocycles. The molecule has 0 fully saturated rings. The Bertz CT molecular complexity index is 1350. The van der Waals surface area contributed by atoms with E-state index in [9.17, 15) is 14.9 Å². The number of anilines is 2. The van der Waals surface area contributed by atoms with Gasteiger partial charge in [-0.1, -0.05) is 11.6 Å². The number of nitrogen functional groups attached to an aromatic ring is 1. The van der Waals surface area contributed by atoms with E-state index in [0.29, 0.717) is 27.5 Å². The van der Waals surface area contributed by atoms with Crippen LogP contribution < -0.4 is 25.8 Å². The van der Waals surface area contributed by atoms with Crippen LogP contribution in [0.2, 0.25) is 5.02 Å². The molecule has 0 saturated heterocycles. The number of carbonyl (C=O) groups is 2. The molecule has 1 amide bonds. The number of nitrogens with one attached hydrogen (secondary N) is 3. The first-order chi connectivity index (χ1) is 17.2. The molecule has 3 aromatic rings. The number of hydrogen-bond donors (Lipinski definition) is 5. The van der Waals surface area contributed by atoms with Crippen LogP contribution in [0.1, 0.15) is 27.0 Å². The number of amidine groups is 1. The molecule has 184 valence electrons. The van der Waals surface area contributed by atoms with Crippen molar-refractivity contribution in [2.75, 3.05) is 24.4 Å². The van der Waals surface area contributed by atoms with Crippen LogP contribution >= 0.6 is 11.6 Å². The fourth-order valence-corrected chi connectivity index (χ4v) is 3.46. The van der Waals surface area contributed by atoms with Gasteiger partial charge in [0.1, 0.15) is 5.84 Å². The normalized spacial score (nSPS) is 10.1. The minimum Gasteiger partial charge on any atom is -0.493 e. The zero-order chi connectivity index (χ0) is 26.2. The Morgan fingerprint density at radius 2 is 1.89 bits per heavy atom. The molecule has 0 aliphatic heterocycles. The monoisotopic (exact) mass is 507 g/mol. The summed E-state index contributed by atoms with van der Waals surface area (Å²) in [6.45, 7) is -0.525. The van der Waals surface area contributed by atoms with Crippen molar-refractivity contribution in [2.24, 2.45) is 5.73 Å². The van der Waals surface area contributed by atoms with E-state index in [1.54, 1.807) is 42.5 Å². The highest BCUT2D eigenvalue weighted by Gasteiger charge is 2.17. The number of methoxy groups -OCH3 is 1. The van der Waals surface area contributed by atoms with Gasteiger partial charge in [-0.05, 0) is 48.5 Å². The average molecular weight is 508 g/mol. The molecule has 6 N–H and O–H groups in total.